The smallest absolute Gasteiger partial charge is 0.191 e. The summed E-state index contributed by atoms with van der Waals surface area (Å²) in [4.78, 5) is 7.22. The molecule has 0 saturated carbocycles. The third kappa shape index (κ3) is 8.45. The fourth-order valence-electron chi connectivity index (χ4n) is 3.33. The zero-order chi connectivity index (χ0) is 20.3. The highest BCUT2D eigenvalue weighted by atomic mass is 127. The van der Waals surface area contributed by atoms with Gasteiger partial charge in [-0.1, -0.05) is 29.8 Å². The van der Waals surface area contributed by atoms with Gasteiger partial charge in [0.2, 0.25) is 0 Å². The predicted molar refractivity (Wildman–Crippen MR) is 133 cm³/mol. The first-order chi connectivity index (χ1) is 14.2. The van der Waals surface area contributed by atoms with Gasteiger partial charge >= 0.3 is 0 Å². The van der Waals surface area contributed by atoms with Crippen LogP contribution in [-0.4, -0.2) is 56.8 Å². The Balaban J connectivity index is 0.00000320. The molecule has 2 N–H and O–H groups in total. The zero-order valence-corrected chi connectivity index (χ0v) is 20.6. The van der Waals surface area contributed by atoms with E-state index in [9.17, 15) is 0 Å². The van der Waals surface area contributed by atoms with Crippen molar-refractivity contribution in [2.75, 3.05) is 45.9 Å². The van der Waals surface area contributed by atoms with E-state index in [1.807, 2.05) is 36.4 Å². The van der Waals surface area contributed by atoms with E-state index in [-0.39, 0.29) is 30.0 Å². The fraction of sp³-hybridized carbons (Fsp3) is 0.500. The van der Waals surface area contributed by atoms with Crippen molar-refractivity contribution in [3.05, 3.63) is 59.0 Å². The molecule has 3 rings (SSSR count). The van der Waals surface area contributed by atoms with Crippen molar-refractivity contribution in [3.8, 4) is 0 Å². The highest BCUT2D eigenvalue weighted by Gasteiger charge is 2.12. The largest absolute Gasteiger partial charge is 0.469 e. The second-order valence-electron chi connectivity index (χ2n) is 7.18. The summed E-state index contributed by atoms with van der Waals surface area (Å²) in [6, 6.07) is 11.9. The average Bonchev–Trinajstić information content (AvgIpc) is 3.25. The topological polar surface area (TPSA) is 62.0 Å². The summed E-state index contributed by atoms with van der Waals surface area (Å²) in [6.07, 6.45) is 3.53. The molecule has 1 atom stereocenters. The number of nitrogens with zero attached hydrogens (tertiary/aromatic N) is 2. The normalized spacial score (nSPS) is 16.0. The zero-order valence-electron chi connectivity index (χ0n) is 17.5. The minimum atomic E-state index is 0. The number of guanidine groups is 1. The van der Waals surface area contributed by atoms with E-state index in [2.05, 4.69) is 22.5 Å². The minimum absolute atomic E-state index is 0. The Morgan fingerprint density at radius 1 is 1.20 bits per heavy atom. The van der Waals surface area contributed by atoms with Crippen LogP contribution in [0.2, 0.25) is 5.02 Å². The number of rotatable bonds is 9. The number of morpholine rings is 1. The first kappa shape index (κ1) is 25.0. The lowest BCUT2D eigenvalue weighted by molar-refractivity contribution is 0.0377. The second-order valence-corrected chi connectivity index (χ2v) is 7.59. The molecule has 1 aliphatic heterocycles. The molecule has 30 heavy (non-hydrogen) atoms. The standard InChI is InChI=1S/C22H31ClN4O2.HI/c1-18(20-7-2-3-8-21(20)23)26-22(25-11-9-19-6-4-15-29-19)24-10-5-12-27-13-16-28-17-14-27;/h2-4,6-8,15,18H,5,9-14,16-17H2,1H3,(H2,24,25,26);1H. The van der Waals surface area contributed by atoms with Crippen molar-refractivity contribution in [2.24, 2.45) is 4.99 Å². The van der Waals surface area contributed by atoms with Crippen LogP contribution in [0, 0.1) is 0 Å². The Morgan fingerprint density at radius 2 is 2.00 bits per heavy atom. The van der Waals surface area contributed by atoms with Gasteiger partial charge in [-0.05, 0) is 37.1 Å². The van der Waals surface area contributed by atoms with Gasteiger partial charge < -0.3 is 19.8 Å². The highest BCUT2D eigenvalue weighted by molar-refractivity contribution is 14.0. The van der Waals surface area contributed by atoms with E-state index in [0.717, 1.165) is 81.1 Å². The summed E-state index contributed by atoms with van der Waals surface area (Å²) in [7, 11) is 0. The number of furan rings is 1. The summed E-state index contributed by atoms with van der Waals surface area (Å²) in [5, 5.41) is 7.66. The summed E-state index contributed by atoms with van der Waals surface area (Å²) in [6.45, 7) is 8.35. The molecule has 1 fully saturated rings. The van der Waals surface area contributed by atoms with Crippen LogP contribution in [0.25, 0.3) is 0 Å². The van der Waals surface area contributed by atoms with Gasteiger partial charge in [0.05, 0.1) is 25.5 Å². The Labute approximate surface area is 201 Å². The quantitative estimate of drug-likeness (QED) is 0.215. The van der Waals surface area contributed by atoms with Crippen LogP contribution in [0.15, 0.2) is 52.1 Å². The molecule has 1 aromatic heterocycles. The molecular formula is C22H32ClIN4O2. The van der Waals surface area contributed by atoms with Crippen LogP contribution in [-0.2, 0) is 11.2 Å². The van der Waals surface area contributed by atoms with Gasteiger partial charge in [0.25, 0.3) is 0 Å². The van der Waals surface area contributed by atoms with Crippen molar-refractivity contribution in [2.45, 2.75) is 25.8 Å². The monoisotopic (exact) mass is 546 g/mol. The van der Waals surface area contributed by atoms with Crippen LogP contribution in [0.5, 0.6) is 0 Å². The van der Waals surface area contributed by atoms with Crippen molar-refractivity contribution < 1.29 is 9.15 Å². The second kappa shape index (κ2) is 13.9. The van der Waals surface area contributed by atoms with E-state index >= 15 is 0 Å². The molecule has 0 aliphatic carbocycles. The van der Waals surface area contributed by atoms with Gasteiger partial charge in [0.15, 0.2) is 5.96 Å². The minimum Gasteiger partial charge on any atom is -0.469 e. The van der Waals surface area contributed by atoms with Crippen LogP contribution < -0.4 is 10.6 Å². The SMILES string of the molecule is CC(NC(=NCCCN1CCOCC1)NCCc1ccco1)c1ccccc1Cl.I. The number of nitrogens with one attached hydrogen (secondary N) is 2. The van der Waals surface area contributed by atoms with Crippen molar-refractivity contribution in [3.63, 3.8) is 0 Å². The van der Waals surface area contributed by atoms with E-state index < -0.39 is 0 Å². The molecular weight excluding hydrogens is 515 g/mol. The molecule has 166 valence electrons. The van der Waals surface area contributed by atoms with Crippen molar-refractivity contribution >= 4 is 41.5 Å². The van der Waals surface area contributed by atoms with Gasteiger partial charge in [-0.2, -0.15) is 0 Å². The average molecular weight is 547 g/mol. The van der Waals surface area contributed by atoms with Gasteiger partial charge in [-0.15, -0.1) is 24.0 Å². The van der Waals surface area contributed by atoms with E-state index in [0.29, 0.717) is 0 Å². The van der Waals surface area contributed by atoms with Gasteiger partial charge in [-0.25, -0.2) is 0 Å². The van der Waals surface area contributed by atoms with E-state index in [4.69, 9.17) is 25.7 Å². The molecule has 1 saturated heterocycles. The van der Waals surface area contributed by atoms with E-state index in [1.54, 1.807) is 6.26 Å². The summed E-state index contributed by atoms with van der Waals surface area (Å²) < 4.78 is 10.8. The Kier molecular flexibility index (Phi) is 11.6. The number of ether oxygens (including phenoxy) is 1. The van der Waals surface area contributed by atoms with Gasteiger partial charge in [0, 0.05) is 44.2 Å². The third-order valence-electron chi connectivity index (χ3n) is 4.97. The first-order valence-corrected chi connectivity index (χ1v) is 10.7. The van der Waals surface area contributed by atoms with Crippen LogP contribution in [0.3, 0.4) is 0 Å². The maximum Gasteiger partial charge on any atom is 0.191 e. The Hall–Kier alpha value is -1.29. The van der Waals surface area contributed by atoms with Crippen LogP contribution >= 0.6 is 35.6 Å². The number of hydrogen-bond acceptors (Lipinski definition) is 4. The molecule has 2 heterocycles. The molecule has 2 aromatic rings. The lowest BCUT2D eigenvalue weighted by atomic mass is 10.1. The predicted octanol–water partition coefficient (Wildman–Crippen LogP) is 4.11. The lowest BCUT2D eigenvalue weighted by Gasteiger charge is -2.26. The molecule has 6 nitrogen and oxygen atoms in total. The molecule has 1 aromatic carbocycles. The molecule has 1 unspecified atom stereocenters. The maximum absolute atomic E-state index is 6.36. The number of benzene rings is 1. The van der Waals surface area contributed by atoms with Crippen molar-refractivity contribution in [1.82, 2.24) is 15.5 Å². The van der Waals surface area contributed by atoms with Crippen LogP contribution in [0.1, 0.15) is 30.7 Å². The molecule has 0 amide bonds. The number of hydrogen-bond donors (Lipinski definition) is 2. The highest BCUT2D eigenvalue weighted by Crippen LogP contribution is 2.21. The molecule has 0 radical (unpaired) electrons. The summed E-state index contributed by atoms with van der Waals surface area (Å²) >= 11 is 6.36. The summed E-state index contributed by atoms with van der Waals surface area (Å²) in [5.74, 6) is 1.76. The third-order valence-corrected chi connectivity index (χ3v) is 5.32. The first-order valence-electron chi connectivity index (χ1n) is 10.3. The van der Waals surface area contributed by atoms with Crippen LogP contribution in [0.4, 0.5) is 0 Å². The van der Waals surface area contributed by atoms with Gasteiger partial charge in [0.1, 0.15) is 5.76 Å². The Morgan fingerprint density at radius 3 is 2.73 bits per heavy atom. The molecule has 0 bridgehead atoms. The molecule has 8 heteroatoms. The van der Waals surface area contributed by atoms with Gasteiger partial charge in [-0.3, -0.25) is 9.89 Å². The molecule has 0 spiro atoms. The maximum atomic E-state index is 6.36. The fourth-order valence-corrected chi connectivity index (χ4v) is 3.63. The number of halogens is 2. The Bertz CT molecular complexity index is 751. The van der Waals surface area contributed by atoms with E-state index in [1.165, 1.54) is 0 Å². The molecule has 1 aliphatic rings. The number of aliphatic imine (C=N–C) groups is 1. The lowest BCUT2D eigenvalue weighted by Crippen LogP contribution is -2.40. The summed E-state index contributed by atoms with van der Waals surface area (Å²) in [5.41, 5.74) is 1.06. The van der Waals surface area contributed by atoms with Crippen molar-refractivity contribution in [1.29, 1.82) is 0 Å².